The third kappa shape index (κ3) is 6.23. The highest BCUT2D eigenvalue weighted by atomic mass is 32.2. The van der Waals surface area contributed by atoms with E-state index in [4.69, 9.17) is 9.20 Å². The Hall–Kier alpha value is -2.97. The zero-order valence-electron chi connectivity index (χ0n) is 19.0. The fourth-order valence-electron chi connectivity index (χ4n) is 3.69. The van der Waals surface area contributed by atoms with Gasteiger partial charge in [-0.3, -0.25) is 9.08 Å². The zero-order valence-corrected chi connectivity index (χ0v) is 20.7. The summed E-state index contributed by atoms with van der Waals surface area (Å²) >= 11 is 0. The monoisotopic (exact) mass is 543 g/mol. The lowest BCUT2D eigenvalue weighted by Gasteiger charge is -2.30. The van der Waals surface area contributed by atoms with Crippen LogP contribution in [0, 0.1) is 10.6 Å². The van der Waals surface area contributed by atoms with Crippen molar-refractivity contribution >= 4 is 25.4 Å². The van der Waals surface area contributed by atoms with E-state index in [1.54, 1.807) is 30.3 Å². The number of nitrogens with zero attached hydrogens (tertiary/aromatic N) is 4. The van der Waals surface area contributed by atoms with E-state index in [1.165, 1.54) is 12.1 Å². The molecule has 0 bridgehead atoms. The summed E-state index contributed by atoms with van der Waals surface area (Å²) in [6, 6.07) is 12.0. The van der Waals surface area contributed by atoms with Crippen LogP contribution in [0.1, 0.15) is 17.9 Å². The van der Waals surface area contributed by atoms with Crippen LogP contribution < -0.4 is 4.31 Å². The van der Waals surface area contributed by atoms with Crippen LogP contribution in [0.25, 0.3) is 11.5 Å². The predicted octanol–water partition coefficient (Wildman–Crippen LogP) is 3.51. The van der Waals surface area contributed by atoms with E-state index in [9.17, 15) is 21.4 Å². The number of para-hydroxylation sites is 1. The number of hydrogen-bond acceptors (Lipinski definition) is 8. The normalized spacial score (nSPS) is 16.3. The lowest BCUT2D eigenvalue weighted by molar-refractivity contribution is 0.116. The number of sulfonamides is 1. The van der Waals surface area contributed by atoms with Gasteiger partial charge in [0.1, 0.15) is 5.82 Å². The molecule has 0 atom stereocenters. The molecule has 1 fully saturated rings. The number of benzene rings is 2. The summed E-state index contributed by atoms with van der Waals surface area (Å²) in [7, 11) is -6.50. The molecule has 1 N–H and O–H groups in total. The molecule has 0 aliphatic carbocycles. The summed E-state index contributed by atoms with van der Waals surface area (Å²) < 4.78 is 92.6. The van der Waals surface area contributed by atoms with Gasteiger partial charge >= 0.3 is 6.43 Å². The first-order valence-electron chi connectivity index (χ1n) is 11.0. The Morgan fingerprint density at radius 2 is 1.81 bits per heavy atom. The van der Waals surface area contributed by atoms with Gasteiger partial charge in [-0.05, 0) is 24.3 Å². The average Bonchev–Trinajstić information content (AvgIpc) is 3.34. The van der Waals surface area contributed by atoms with Crippen LogP contribution >= 0.6 is 0 Å². The molecule has 1 aliphatic heterocycles. The van der Waals surface area contributed by atoms with E-state index in [0.717, 1.165) is 10.4 Å². The number of aromatic nitrogens is 2. The molecule has 0 spiro atoms. The molecule has 1 saturated heterocycles. The highest BCUT2D eigenvalue weighted by Gasteiger charge is 2.27. The number of alkyl halides is 2. The maximum Gasteiger partial charge on any atom is 0.314 e. The van der Waals surface area contributed by atoms with Crippen molar-refractivity contribution in [2.75, 3.05) is 41.2 Å². The second-order valence-corrected chi connectivity index (χ2v) is 12.7. The molecular formula is C22H24F3N5O4S2. The minimum absolute atomic E-state index is 0.0618. The molecule has 0 unspecified atom stereocenters. The Morgan fingerprint density at radius 3 is 2.42 bits per heavy atom. The number of hydrogen-bond donors (Lipinski definition) is 1. The van der Waals surface area contributed by atoms with Crippen molar-refractivity contribution in [2.24, 2.45) is 0 Å². The van der Waals surface area contributed by atoms with Gasteiger partial charge in [0, 0.05) is 52.0 Å². The van der Waals surface area contributed by atoms with Gasteiger partial charge in [0.05, 0.1) is 18.0 Å². The third-order valence-electron chi connectivity index (χ3n) is 5.76. The first-order valence-corrected chi connectivity index (χ1v) is 14.5. The maximum absolute atomic E-state index is 15.0. The van der Waals surface area contributed by atoms with Crippen LogP contribution in [0.15, 0.2) is 52.9 Å². The van der Waals surface area contributed by atoms with E-state index in [0.29, 0.717) is 18.8 Å². The summed E-state index contributed by atoms with van der Waals surface area (Å²) in [4.78, 5) is 1.85. The van der Waals surface area contributed by atoms with Crippen molar-refractivity contribution in [1.82, 2.24) is 15.1 Å². The summed E-state index contributed by atoms with van der Waals surface area (Å²) in [5.41, 5.74) is 0.500. The quantitative estimate of drug-likeness (QED) is 0.439. The van der Waals surface area contributed by atoms with E-state index in [2.05, 4.69) is 10.2 Å². The van der Waals surface area contributed by atoms with Gasteiger partial charge in [-0.15, -0.1) is 10.2 Å². The molecule has 0 saturated carbocycles. The van der Waals surface area contributed by atoms with Crippen LogP contribution in [0.3, 0.4) is 0 Å². The van der Waals surface area contributed by atoms with Gasteiger partial charge < -0.3 is 9.32 Å². The Kier molecular flexibility index (Phi) is 7.66. The Labute approximate surface area is 207 Å². The SMILES string of the molecule is N=S1(=O)CCN(CCS(=O)(=O)N(Cc2ccc(-c3nnc(C(F)F)o3)cc2F)c2ccccc2)CC1. The molecule has 1 aromatic heterocycles. The molecule has 4 rings (SSSR count). The van der Waals surface area contributed by atoms with Crippen molar-refractivity contribution in [1.29, 1.82) is 4.78 Å². The van der Waals surface area contributed by atoms with Crippen molar-refractivity contribution in [3.63, 3.8) is 0 Å². The number of anilines is 1. The van der Waals surface area contributed by atoms with E-state index in [-0.39, 0.29) is 47.4 Å². The number of nitrogens with one attached hydrogen (secondary N) is 1. The fraction of sp³-hybridized carbons (Fsp3) is 0.364. The van der Waals surface area contributed by atoms with Crippen LogP contribution in [-0.2, 0) is 26.3 Å². The molecule has 9 nitrogen and oxygen atoms in total. The molecule has 0 radical (unpaired) electrons. The second-order valence-electron chi connectivity index (χ2n) is 8.27. The average molecular weight is 544 g/mol. The summed E-state index contributed by atoms with van der Waals surface area (Å²) in [5, 5.41) is 6.72. The highest BCUT2D eigenvalue weighted by Crippen LogP contribution is 2.27. The van der Waals surface area contributed by atoms with Crippen LogP contribution in [0.5, 0.6) is 0 Å². The Balaban J connectivity index is 1.54. The van der Waals surface area contributed by atoms with Crippen LogP contribution in [-0.4, -0.2) is 64.6 Å². The summed E-state index contributed by atoms with van der Waals surface area (Å²) in [5.74, 6) is -1.77. The molecule has 2 aromatic carbocycles. The van der Waals surface area contributed by atoms with Gasteiger partial charge in [-0.2, -0.15) is 8.78 Å². The highest BCUT2D eigenvalue weighted by molar-refractivity contribution is 7.93. The molecule has 0 amide bonds. The summed E-state index contributed by atoms with van der Waals surface area (Å²) in [6.45, 7) is 0.641. The van der Waals surface area contributed by atoms with Crippen molar-refractivity contribution in [2.45, 2.75) is 13.0 Å². The molecule has 1 aliphatic rings. The van der Waals surface area contributed by atoms with Gasteiger partial charge in [-0.25, -0.2) is 17.0 Å². The van der Waals surface area contributed by atoms with Gasteiger partial charge in [0.15, 0.2) is 0 Å². The lowest BCUT2D eigenvalue weighted by atomic mass is 10.1. The van der Waals surface area contributed by atoms with Gasteiger partial charge in [0.2, 0.25) is 15.9 Å². The first kappa shape index (κ1) is 26.1. The van der Waals surface area contributed by atoms with E-state index in [1.807, 2.05) is 4.90 Å². The standard InChI is InChI=1S/C22H24F3N5O4S2/c23-19-14-16(21-27-28-22(34-21)20(24)25)6-7-17(19)15-30(18-4-2-1-3-5-18)36(32,33)13-10-29-8-11-35(26,31)12-9-29/h1-7,14,20,26H,8-13,15H2. The fourth-order valence-corrected chi connectivity index (χ4v) is 6.49. The Bertz CT molecular complexity index is 1400. The van der Waals surface area contributed by atoms with E-state index < -0.39 is 37.9 Å². The largest absolute Gasteiger partial charge is 0.415 e. The molecular weight excluding hydrogens is 519 g/mol. The van der Waals surface area contributed by atoms with E-state index >= 15 is 4.39 Å². The number of halogens is 3. The van der Waals surface area contributed by atoms with Gasteiger partial charge in [0.25, 0.3) is 5.89 Å². The molecule has 3 aromatic rings. The topological polar surface area (TPSA) is 120 Å². The van der Waals surface area contributed by atoms with Crippen LogP contribution in [0.2, 0.25) is 0 Å². The van der Waals surface area contributed by atoms with Crippen molar-refractivity contribution in [3.05, 3.63) is 65.8 Å². The molecule has 2 heterocycles. The molecule has 14 heteroatoms. The molecule has 36 heavy (non-hydrogen) atoms. The van der Waals surface area contributed by atoms with Gasteiger partial charge in [-0.1, -0.05) is 24.3 Å². The van der Waals surface area contributed by atoms with Crippen molar-refractivity contribution < 1.29 is 30.2 Å². The second kappa shape index (κ2) is 10.6. The van der Waals surface area contributed by atoms with Crippen LogP contribution in [0.4, 0.5) is 18.9 Å². The smallest absolute Gasteiger partial charge is 0.314 e. The maximum atomic E-state index is 15.0. The Morgan fingerprint density at radius 1 is 1.11 bits per heavy atom. The lowest BCUT2D eigenvalue weighted by Crippen LogP contribution is -2.44. The predicted molar refractivity (Wildman–Crippen MR) is 128 cm³/mol. The first-order chi connectivity index (χ1) is 17.0. The van der Waals surface area contributed by atoms with Crippen molar-refractivity contribution in [3.8, 4) is 11.5 Å². The zero-order chi connectivity index (χ0) is 25.9. The molecule has 194 valence electrons. The number of rotatable bonds is 9. The minimum Gasteiger partial charge on any atom is -0.415 e. The third-order valence-corrected chi connectivity index (χ3v) is 9.16. The summed E-state index contributed by atoms with van der Waals surface area (Å²) in [6.07, 6.45) is -2.96. The minimum atomic E-state index is -3.90.